The van der Waals surface area contributed by atoms with Gasteiger partial charge in [0.05, 0.1) is 11.4 Å². The second-order valence-electron chi connectivity index (χ2n) is 6.84. The number of hydrogen-bond acceptors (Lipinski definition) is 4. The van der Waals surface area contributed by atoms with Crippen LogP contribution in [0.15, 0.2) is 83.9 Å². The van der Waals surface area contributed by atoms with Gasteiger partial charge in [-0.1, -0.05) is 66.8 Å². The van der Waals surface area contributed by atoms with Gasteiger partial charge in [-0.05, 0) is 18.6 Å². The number of nitrogens with zero attached hydrogens (tertiary/aromatic N) is 2. The van der Waals surface area contributed by atoms with Crippen molar-refractivity contribution in [2.24, 2.45) is 16.6 Å². The molecule has 0 spiro atoms. The van der Waals surface area contributed by atoms with Gasteiger partial charge >= 0.3 is 0 Å². The molecule has 2 unspecified atom stereocenters. The first kappa shape index (κ1) is 18.1. The maximum absolute atomic E-state index is 13.0. The number of nitrogens with two attached hydrogens (primary N) is 1. The van der Waals surface area contributed by atoms with Gasteiger partial charge in [-0.3, -0.25) is 14.6 Å². The number of fused-ring (bicyclic) bond motifs is 1. The van der Waals surface area contributed by atoms with Gasteiger partial charge < -0.3 is 10.6 Å². The average Bonchev–Trinajstić information content (AvgIpc) is 2.83. The van der Waals surface area contributed by atoms with Gasteiger partial charge in [0.15, 0.2) is 11.9 Å². The number of anilines is 1. The topological polar surface area (TPSA) is 75.8 Å². The van der Waals surface area contributed by atoms with E-state index in [4.69, 9.17) is 5.73 Å². The molecule has 0 radical (unpaired) electrons. The maximum Gasteiger partial charge on any atom is 0.266 e. The Balaban J connectivity index is 1.70. The Labute approximate surface area is 163 Å². The molecule has 0 aromatic heterocycles. The van der Waals surface area contributed by atoms with E-state index in [1.54, 1.807) is 17.1 Å². The standard InChI is InChI=1S/C23H21N3O2/c24-22-23(28)26(15-14-16-8-4-7-13-20(16)27)19-12-6-5-11-18(19)21(25-22)17-9-2-1-3-10-17/h1-13,16,22H,14-15,24H2. The summed E-state index contributed by atoms with van der Waals surface area (Å²) in [6.07, 6.45) is 6.61. The molecular formula is C23H21N3O2. The first-order valence-electron chi connectivity index (χ1n) is 9.33. The fourth-order valence-electron chi connectivity index (χ4n) is 3.58. The minimum Gasteiger partial charge on any atom is -0.309 e. The predicted octanol–water partition coefficient (Wildman–Crippen LogP) is 2.86. The van der Waals surface area contributed by atoms with E-state index in [1.165, 1.54) is 0 Å². The number of carbonyl (C=O) groups excluding carboxylic acids is 2. The predicted molar refractivity (Wildman–Crippen MR) is 110 cm³/mol. The minimum atomic E-state index is -0.986. The number of amides is 1. The lowest BCUT2D eigenvalue weighted by atomic mass is 9.95. The quantitative estimate of drug-likeness (QED) is 0.898. The molecule has 2 N–H and O–H groups in total. The Kier molecular flexibility index (Phi) is 5.00. The Hall–Kier alpha value is -3.31. The van der Waals surface area contributed by atoms with Crippen molar-refractivity contribution in [1.29, 1.82) is 0 Å². The normalized spacial score (nSPS) is 21.3. The number of benzene rings is 2. The summed E-state index contributed by atoms with van der Waals surface area (Å²) in [4.78, 5) is 31.3. The Bertz CT molecular complexity index is 992. The van der Waals surface area contributed by atoms with Crippen LogP contribution in [0.2, 0.25) is 0 Å². The lowest BCUT2D eigenvalue weighted by Gasteiger charge is -2.25. The van der Waals surface area contributed by atoms with Crippen molar-refractivity contribution in [2.75, 3.05) is 11.4 Å². The van der Waals surface area contributed by atoms with Gasteiger partial charge in [-0.15, -0.1) is 0 Å². The summed E-state index contributed by atoms with van der Waals surface area (Å²) in [5.74, 6) is -0.427. The second-order valence-corrected chi connectivity index (χ2v) is 6.84. The van der Waals surface area contributed by atoms with Crippen LogP contribution in [0.25, 0.3) is 0 Å². The molecule has 2 aromatic rings. The fraction of sp³-hybridized carbons (Fsp3) is 0.174. The molecule has 2 atom stereocenters. The van der Waals surface area contributed by atoms with Crippen LogP contribution >= 0.6 is 0 Å². The van der Waals surface area contributed by atoms with Crippen LogP contribution in [0.3, 0.4) is 0 Å². The van der Waals surface area contributed by atoms with Crippen molar-refractivity contribution in [3.63, 3.8) is 0 Å². The van der Waals surface area contributed by atoms with Crippen molar-refractivity contribution in [1.82, 2.24) is 0 Å². The first-order valence-corrected chi connectivity index (χ1v) is 9.33. The Morgan fingerprint density at radius 1 is 0.964 bits per heavy atom. The number of para-hydroxylation sites is 1. The van der Waals surface area contributed by atoms with Crippen LogP contribution in [0.4, 0.5) is 5.69 Å². The zero-order valence-corrected chi connectivity index (χ0v) is 15.4. The van der Waals surface area contributed by atoms with E-state index in [2.05, 4.69) is 4.99 Å². The molecule has 0 fully saturated rings. The molecule has 4 rings (SSSR count). The van der Waals surface area contributed by atoms with Gasteiger partial charge in [0, 0.05) is 23.6 Å². The summed E-state index contributed by atoms with van der Waals surface area (Å²) in [6, 6.07) is 17.4. The van der Waals surface area contributed by atoms with E-state index in [1.807, 2.05) is 66.7 Å². The highest BCUT2D eigenvalue weighted by Gasteiger charge is 2.30. The lowest BCUT2D eigenvalue weighted by Crippen LogP contribution is -2.43. The highest BCUT2D eigenvalue weighted by Crippen LogP contribution is 2.28. The van der Waals surface area contributed by atoms with Gasteiger partial charge in [0.1, 0.15) is 0 Å². The summed E-state index contributed by atoms with van der Waals surface area (Å²) in [5.41, 5.74) is 9.39. The lowest BCUT2D eigenvalue weighted by molar-refractivity contribution is -0.120. The highest BCUT2D eigenvalue weighted by atomic mass is 16.2. The van der Waals surface area contributed by atoms with E-state index in [9.17, 15) is 9.59 Å². The Morgan fingerprint density at radius 3 is 2.50 bits per heavy atom. The number of benzodiazepines with no additional fused rings is 1. The fourth-order valence-corrected chi connectivity index (χ4v) is 3.58. The monoisotopic (exact) mass is 371 g/mol. The summed E-state index contributed by atoms with van der Waals surface area (Å²) in [5, 5.41) is 0. The van der Waals surface area contributed by atoms with Gasteiger partial charge in [0.25, 0.3) is 5.91 Å². The van der Waals surface area contributed by atoms with Crippen LogP contribution < -0.4 is 10.6 Å². The molecule has 5 nitrogen and oxygen atoms in total. The summed E-state index contributed by atoms with van der Waals surface area (Å²) in [6.45, 7) is 0.399. The molecule has 5 heteroatoms. The number of carbonyl (C=O) groups is 2. The van der Waals surface area contributed by atoms with E-state index in [-0.39, 0.29) is 17.6 Å². The van der Waals surface area contributed by atoms with Gasteiger partial charge in [-0.2, -0.15) is 0 Å². The highest BCUT2D eigenvalue weighted by molar-refractivity contribution is 6.20. The average molecular weight is 371 g/mol. The molecule has 0 saturated heterocycles. The molecule has 1 heterocycles. The third-order valence-corrected chi connectivity index (χ3v) is 5.03. The number of aliphatic imine (C=N–C) groups is 1. The number of ketones is 1. The summed E-state index contributed by atoms with van der Waals surface area (Å²) in [7, 11) is 0. The van der Waals surface area contributed by atoms with E-state index in [0.717, 1.165) is 16.8 Å². The third-order valence-electron chi connectivity index (χ3n) is 5.03. The van der Waals surface area contributed by atoms with E-state index in [0.29, 0.717) is 18.7 Å². The zero-order valence-electron chi connectivity index (χ0n) is 15.4. The van der Waals surface area contributed by atoms with Crippen molar-refractivity contribution in [3.8, 4) is 0 Å². The number of hydrogen-bond donors (Lipinski definition) is 1. The van der Waals surface area contributed by atoms with Gasteiger partial charge in [0.2, 0.25) is 0 Å². The number of allylic oxidation sites excluding steroid dienone is 4. The molecule has 2 aliphatic rings. The van der Waals surface area contributed by atoms with Crippen LogP contribution in [0.5, 0.6) is 0 Å². The van der Waals surface area contributed by atoms with Crippen LogP contribution in [0.1, 0.15) is 17.5 Å². The second kappa shape index (κ2) is 7.74. The molecule has 28 heavy (non-hydrogen) atoms. The Morgan fingerprint density at radius 2 is 1.71 bits per heavy atom. The molecule has 1 aliphatic heterocycles. The van der Waals surface area contributed by atoms with Crippen molar-refractivity contribution in [3.05, 3.63) is 90.0 Å². The zero-order chi connectivity index (χ0) is 19.5. The summed E-state index contributed by atoms with van der Waals surface area (Å²) >= 11 is 0. The SMILES string of the molecule is NC1N=C(c2ccccc2)c2ccccc2N(CCC2C=CC=CC2=O)C1=O. The van der Waals surface area contributed by atoms with Crippen molar-refractivity contribution in [2.45, 2.75) is 12.6 Å². The molecular weight excluding hydrogens is 350 g/mol. The first-order chi connectivity index (χ1) is 13.6. The largest absolute Gasteiger partial charge is 0.309 e. The van der Waals surface area contributed by atoms with Crippen molar-refractivity contribution >= 4 is 23.1 Å². The van der Waals surface area contributed by atoms with E-state index >= 15 is 0 Å². The molecule has 140 valence electrons. The van der Waals surface area contributed by atoms with Gasteiger partial charge in [-0.25, -0.2) is 0 Å². The third kappa shape index (κ3) is 3.44. The summed E-state index contributed by atoms with van der Waals surface area (Å²) < 4.78 is 0. The number of rotatable bonds is 4. The van der Waals surface area contributed by atoms with Crippen LogP contribution in [-0.2, 0) is 9.59 Å². The maximum atomic E-state index is 13.0. The van der Waals surface area contributed by atoms with E-state index < -0.39 is 6.17 Å². The minimum absolute atomic E-state index is 0.0589. The molecule has 1 amide bonds. The molecule has 2 aromatic carbocycles. The van der Waals surface area contributed by atoms with Crippen LogP contribution in [0, 0.1) is 5.92 Å². The smallest absolute Gasteiger partial charge is 0.266 e. The molecule has 0 bridgehead atoms. The van der Waals surface area contributed by atoms with Crippen LogP contribution in [-0.4, -0.2) is 30.1 Å². The molecule has 1 aliphatic carbocycles. The molecule has 0 saturated carbocycles. The van der Waals surface area contributed by atoms with Crippen molar-refractivity contribution < 1.29 is 9.59 Å².